The van der Waals surface area contributed by atoms with Crippen molar-refractivity contribution < 1.29 is 20.1 Å². The van der Waals surface area contributed by atoms with Gasteiger partial charge in [-0.2, -0.15) is 0 Å². The van der Waals surface area contributed by atoms with Gasteiger partial charge in [-0.05, 0) is 54.0 Å². The maximum Gasteiger partial charge on any atom is 0.113 e. The van der Waals surface area contributed by atoms with E-state index in [4.69, 9.17) is 16.3 Å². The molecule has 2 aromatic carbocycles. The molecule has 3 N–H and O–H groups in total. The Morgan fingerprint density at radius 2 is 1.68 bits per heavy atom. The number of benzene rings is 2. The lowest BCUT2D eigenvalue weighted by Gasteiger charge is -2.41. The van der Waals surface area contributed by atoms with E-state index in [1.54, 1.807) is 0 Å². The zero-order chi connectivity index (χ0) is 19.9. The maximum atomic E-state index is 10.5. The first-order valence-corrected chi connectivity index (χ1v) is 10.4. The second kappa shape index (κ2) is 7.77. The standard InChI is InChI=1S/C23H27ClO4/c1-2-3-14-4-6-15(7-5-14)12-17-13-16(8-9-18(17)24)21-19(25)20(26)22(27)23(28-21)10-11-23/h4-9,13,19-22,25-27H,2-3,10-12H2,1H3/t19-,20-,21+,22+/m1/s1. The van der Waals surface area contributed by atoms with E-state index >= 15 is 0 Å². The zero-order valence-corrected chi connectivity index (χ0v) is 16.8. The van der Waals surface area contributed by atoms with Gasteiger partial charge in [0.15, 0.2) is 0 Å². The normalized spacial score (nSPS) is 28.5. The third-order valence-electron chi connectivity index (χ3n) is 5.98. The van der Waals surface area contributed by atoms with Crippen LogP contribution in [0.2, 0.25) is 5.02 Å². The summed E-state index contributed by atoms with van der Waals surface area (Å²) in [5.74, 6) is 0. The zero-order valence-electron chi connectivity index (χ0n) is 16.0. The Hall–Kier alpha value is -1.43. The van der Waals surface area contributed by atoms with Gasteiger partial charge in [-0.15, -0.1) is 0 Å². The van der Waals surface area contributed by atoms with Crippen LogP contribution in [0, 0.1) is 0 Å². The molecule has 0 aromatic heterocycles. The molecule has 150 valence electrons. The largest absolute Gasteiger partial charge is 0.387 e. The number of rotatable bonds is 5. The van der Waals surface area contributed by atoms with Crippen molar-refractivity contribution in [2.75, 3.05) is 0 Å². The molecule has 4 nitrogen and oxygen atoms in total. The molecule has 1 spiro atoms. The number of ether oxygens (including phenoxy) is 1. The summed E-state index contributed by atoms with van der Waals surface area (Å²) in [6, 6.07) is 14.1. The van der Waals surface area contributed by atoms with E-state index in [1.807, 2.05) is 18.2 Å². The van der Waals surface area contributed by atoms with E-state index in [9.17, 15) is 15.3 Å². The fourth-order valence-corrected chi connectivity index (χ4v) is 4.30. The Morgan fingerprint density at radius 3 is 2.32 bits per heavy atom. The molecule has 4 rings (SSSR count). The molecule has 2 aromatic rings. The van der Waals surface area contributed by atoms with Crippen LogP contribution in [0.1, 0.15) is 54.5 Å². The van der Waals surface area contributed by atoms with Crippen LogP contribution in [0.4, 0.5) is 0 Å². The van der Waals surface area contributed by atoms with Crippen molar-refractivity contribution in [2.24, 2.45) is 0 Å². The molecule has 2 aliphatic rings. The summed E-state index contributed by atoms with van der Waals surface area (Å²) in [4.78, 5) is 0. The number of aliphatic hydroxyl groups is 3. The van der Waals surface area contributed by atoms with Crippen molar-refractivity contribution in [3.8, 4) is 0 Å². The van der Waals surface area contributed by atoms with Crippen LogP contribution in [-0.4, -0.2) is 39.2 Å². The quantitative estimate of drug-likeness (QED) is 0.715. The minimum Gasteiger partial charge on any atom is -0.387 e. The molecule has 0 unspecified atom stereocenters. The van der Waals surface area contributed by atoms with Gasteiger partial charge in [0.1, 0.15) is 24.4 Å². The molecule has 4 atom stereocenters. The van der Waals surface area contributed by atoms with Crippen LogP contribution in [0.3, 0.4) is 0 Å². The number of aliphatic hydroxyl groups excluding tert-OH is 3. The van der Waals surface area contributed by atoms with E-state index in [2.05, 4.69) is 31.2 Å². The number of hydrogen-bond acceptors (Lipinski definition) is 4. The molecule has 1 saturated carbocycles. The van der Waals surface area contributed by atoms with Crippen molar-refractivity contribution in [2.45, 2.75) is 69.0 Å². The average Bonchev–Trinajstić information content (AvgIpc) is 3.47. The predicted octanol–water partition coefficient (Wildman–Crippen LogP) is 3.57. The van der Waals surface area contributed by atoms with Gasteiger partial charge in [-0.25, -0.2) is 0 Å². The lowest BCUT2D eigenvalue weighted by molar-refractivity contribution is -0.236. The predicted molar refractivity (Wildman–Crippen MR) is 109 cm³/mol. The first-order valence-electron chi connectivity index (χ1n) is 10.0. The van der Waals surface area contributed by atoms with Crippen LogP contribution in [-0.2, 0) is 17.6 Å². The summed E-state index contributed by atoms with van der Waals surface area (Å²) in [5.41, 5.74) is 3.48. The van der Waals surface area contributed by atoms with Gasteiger partial charge in [0.2, 0.25) is 0 Å². The Kier molecular flexibility index (Phi) is 5.51. The lowest BCUT2D eigenvalue weighted by atomic mass is 9.89. The van der Waals surface area contributed by atoms with Crippen LogP contribution in [0.5, 0.6) is 0 Å². The van der Waals surface area contributed by atoms with E-state index in [1.165, 1.54) is 5.56 Å². The van der Waals surface area contributed by atoms with Gasteiger partial charge in [0.05, 0.1) is 5.60 Å². The topological polar surface area (TPSA) is 69.9 Å². The van der Waals surface area contributed by atoms with Gasteiger partial charge in [0.25, 0.3) is 0 Å². The summed E-state index contributed by atoms with van der Waals surface area (Å²) >= 11 is 6.43. The highest BCUT2D eigenvalue weighted by Crippen LogP contribution is 2.51. The Balaban J connectivity index is 1.57. The van der Waals surface area contributed by atoms with E-state index in [0.717, 1.165) is 29.5 Å². The van der Waals surface area contributed by atoms with Crippen molar-refractivity contribution in [1.82, 2.24) is 0 Å². The van der Waals surface area contributed by atoms with Crippen LogP contribution in [0.25, 0.3) is 0 Å². The van der Waals surface area contributed by atoms with Crippen molar-refractivity contribution in [3.05, 3.63) is 69.7 Å². The number of hydrogen-bond donors (Lipinski definition) is 3. The van der Waals surface area contributed by atoms with Crippen molar-refractivity contribution in [3.63, 3.8) is 0 Å². The first-order chi connectivity index (χ1) is 13.4. The second-order valence-corrected chi connectivity index (χ2v) is 8.53. The van der Waals surface area contributed by atoms with E-state index < -0.39 is 30.0 Å². The summed E-state index contributed by atoms with van der Waals surface area (Å²) in [5, 5.41) is 31.6. The fourth-order valence-electron chi connectivity index (χ4n) is 4.11. The molecule has 1 heterocycles. The molecule has 5 heteroatoms. The molecule has 0 radical (unpaired) electrons. The Morgan fingerprint density at radius 1 is 1.00 bits per heavy atom. The van der Waals surface area contributed by atoms with E-state index in [-0.39, 0.29) is 0 Å². The number of halogens is 1. The smallest absolute Gasteiger partial charge is 0.113 e. The third-order valence-corrected chi connectivity index (χ3v) is 6.35. The summed E-state index contributed by atoms with van der Waals surface area (Å²) in [6.07, 6.45) is 0.143. The van der Waals surface area contributed by atoms with Crippen LogP contribution < -0.4 is 0 Å². The first kappa shape index (κ1) is 19.9. The average molecular weight is 403 g/mol. The van der Waals surface area contributed by atoms with Crippen molar-refractivity contribution >= 4 is 11.6 Å². The second-order valence-electron chi connectivity index (χ2n) is 8.12. The van der Waals surface area contributed by atoms with Crippen LogP contribution >= 0.6 is 11.6 Å². The highest BCUT2D eigenvalue weighted by atomic mass is 35.5. The minimum atomic E-state index is -1.22. The van der Waals surface area contributed by atoms with Gasteiger partial charge in [0, 0.05) is 5.02 Å². The van der Waals surface area contributed by atoms with Crippen molar-refractivity contribution in [1.29, 1.82) is 0 Å². The minimum absolute atomic E-state index is 0.661. The molecule has 0 bridgehead atoms. The lowest BCUT2D eigenvalue weighted by Crippen LogP contribution is -2.55. The molecule has 0 amide bonds. The summed E-state index contributed by atoms with van der Waals surface area (Å²) in [7, 11) is 0. The Labute approximate surface area is 170 Å². The summed E-state index contributed by atoms with van der Waals surface area (Å²) < 4.78 is 6.05. The number of aryl methyl sites for hydroxylation is 1. The molecular weight excluding hydrogens is 376 g/mol. The summed E-state index contributed by atoms with van der Waals surface area (Å²) in [6.45, 7) is 2.17. The molecule has 1 aliphatic carbocycles. The van der Waals surface area contributed by atoms with Gasteiger partial charge in [-0.1, -0.05) is 61.3 Å². The van der Waals surface area contributed by atoms with Gasteiger partial charge < -0.3 is 20.1 Å². The molecule has 2 fully saturated rings. The highest BCUT2D eigenvalue weighted by Gasteiger charge is 2.60. The monoisotopic (exact) mass is 402 g/mol. The highest BCUT2D eigenvalue weighted by molar-refractivity contribution is 6.31. The Bertz CT molecular complexity index is 831. The van der Waals surface area contributed by atoms with E-state index in [0.29, 0.717) is 24.3 Å². The molecule has 1 saturated heterocycles. The third kappa shape index (κ3) is 3.72. The maximum absolute atomic E-state index is 10.5. The molecular formula is C23H27ClO4. The SMILES string of the molecule is CCCc1ccc(Cc2cc([C@@H]3OC4(CC4)[C@@H](O)[C@H](O)[C@H]3O)ccc2Cl)cc1. The fraction of sp³-hybridized carbons (Fsp3) is 0.478. The molecule has 1 aliphatic heterocycles. The van der Waals surface area contributed by atoms with Gasteiger partial charge in [-0.3, -0.25) is 0 Å². The van der Waals surface area contributed by atoms with Crippen LogP contribution in [0.15, 0.2) is 42.5 Å². The van der Waals surface area contributed by atoms with Gasteiger partial charge >= 0.3 is 0 Å². The molecule has 28 heavy (non-hydrogen) atoms.